The summed E-state index contributed by atoms with van der Waals surface area (Å²) in [6, 6.07) is 0. The van der Waals surface area contributed by atoms with Crippen LogP contribution >= 0.6 is 0 Å². The van der Waals surface area contributed by atoms with Gasteiger partial charge in [0, 0.05) is 18.1 Å². The summed E-state index contributed by atoms with van der Waals surface area (Å²) < 4.78 is 16.9. The Labute approximate surface area is 146 Å². The third-order valence-electron chi connectivity index (χ3n) is 4.91. The van der Waals surface area contributed by atoms with E-state index in [1.165, 1.54) is 6.08 Å². The molecule has 3 aliphatic heterocycles. The number of hydrogen-bond acceptors (Lipinski definition) is 6. The first kappa shape index (κ1) is 17.5. The van der Waals surface area contributed by atoms with E-state index < -0.39 is 35.7 Å². The summed E-state index contributed by atoms with van der Waals surface area (Å²) >= 11 is 0. The van der Waals surface area contributed by atoms with Gasteiger partial charge in [0.15, 0.2) is 5.60 Å². The van der Waals surface area contributed by atoms with E-state index in [1.807, 2.05) is 0 Å². The molecule has 3 heterocycles. The van der Waals surface area contributed by atoms with Gasteiger partial charge in [-0.1, -0.05) is 20.4 Å². The van der Waals surface area contributed by atoms with Crippen molar-refractivity contribution in [3.8, 4) is 0 Å². The van der Waals surface area contributed by atoms with Crippen molar-refractivity contribution in [2.75, 3.05) is 0 Å². The molecule has 134 valence electrons. The molecule has 6 nitrogen and oxygen atoms in total. The highest BCUT2D eigenvalue weighted by atomic mass is 16.6. The van der Waals surface area contributed by atoms with Crippen molar-refractivity contribution < 1.29 is 28.6 Å². The van der Waals surface area contributed by atoms with Gasteiger partial charge < -0.3 is 14.2 Å². The van der Waals surface area contributed by atoms with Crippen LogP contribution in [0.25, 0.3) is 0 Å². The van der Waals surface area contributed by atoms with Gasteiger partial charge in [-0.3, -0.25) is 9.59 Å². The Balaban J connectivity index is 2.05. The number of hydrogen-bond donors (Lipinski definition) is 0. The van der Waals surface area contributed by atoms with Crippen LogP contribution in [0.4, 0.5) is 0 Å². The molecule has 0 radical (unpaired) electrons. The SMILES string of the molecule is C=C1C(=O)O[C@@H]2C=C(C)C3=CC(=O)[C@@](C)(C[C@H](OC(=O)C(C)C)[C@@H]12)O3. The molecule has 4 atom stereocenters. The molecular weight excluding hydrogens is 324 g/mol. The molecule has 0 N–H and O–H groups in total. The van der Waals surface area contributed by atoms with Gasteiger partial charge in [0.05, 0.1) is 11.8 Å². The molecule has 0 amide bonds. The largest absolute Gasteiger partial charge is 0.479 e. The third kappa shape index (κ3) is 2.90. The zero-order chi connectivity index (χ0) is 18.5. The van der Waals surface area contributed by atoms with E-state index in [-0.39, 0.29) is 23.7 Å². The van der Waals surface area contributed by atoms with Crippen LogP contribution in [0.3, 0.4) is 0 Å². The average molecular weight is 346 g/mol. The molecular formula is C19H22O6. The minimum absolute atomic E-state index is 0.127. The standard InChI is InChI=1S/C19H22O6/c1-9(2)17(21)24-14-8-19(5)15(20)7-12(25-19)10(3)6-13-16(14)11(4)18(22)23-13/h6-7,9,13-14,16H,4,8H2,1-3,5H3/t13-,14+,16+,19-/m1/s1. The number of ketones is 1. The van der Waals surface area contributed by atoms with E-state index in [9.17, 15) is 14.4 Å². The molecule has 0 aliphatic carbocycles. The van der Waals surface area contributed by atoms with Crippen LogP contribution in [-0.4, -0.2) is 35.5 Å². The molecule has 6 heteroatoms. The summed E-state index contributed by atoms with van der Waals surface area (Å²) in [6.07, 6.45) is 1.95. The van der Waals surface area contributed by atoms with E-state index in [0.29, 0.717) is 11.3 Å². The van der Waals surface area contributed by atoms with Crippen molar-refractivity contribution >= 4 is 17.7 Å². The van der Waals surface area contributed by atoms with E-state index >= 15 is 0 Å². The molecule has 0 saturated carbocycles. The molecule has 1 fully saturated rings. The van der Waals surface area contributed by atoms with Crippen LogP contribution in [0.5, 0.6) is 0 Å². The molecule has 0 aromatic carbocycles. The maximum atomic E-state index is 12.5. The minimum Gasteiger partial charge on any atom is -0.479 e. The van der Waals surface area contributed by atoms with E-state index in [4.69, 9.17) is 14.2 Å². The number of fused-ring (bicyclic) bond motifs is 3. The highest BCUT2D eigenvalue weighted by Gasteiger charge is 2.51. The summed E-state index contributed by atoms with van der Waals surface area (Å²) in [5.74, 6) is -1.53. The number of carbonyl (C=O) groups excluding carboxylic acids is 3. The van der Waals surface area contributed by atoms with Crippen LogP contribution in [0.15, 0.2) is 35.6 Å². The van der Waals surface area contributed by atoms with Gasteiger partial charge in [-0.25, -0.2) is 4.79 Å². The lowest BCUT2D eigenvalue weighted by atomic mass is 9.82. The molecule has 0 unspecified atom stereocenters. The normalized spacial score (nSPS) is 34.3. The topological polar surface area (TPSA) is 78.9 Å². The van der Waals surface area contributed by atoms with Crippen molar-refractivity contribution in [2.24, 2.45) is 11.8 Å². The van der Waals surface area contributed by atoms with E-state index in [1.54, 1.807) is 33.8 Å². The summed E-state index contributed by atoms with van der Waals surface area (Å²) in [4.78, 5) is 36.7. The number of allylic oxidation sites excluding steroid dienone is 1. The number of rotatable bonds is 2. The van der Waals surface area contributed by atoms with Crippen molar-refractivity contribution in [1.82, 2.24) is 0 Å². The second-order valence-corrected chi connectivity index (χ2v) is 7.31. The summed E-state index contributed by atoms with van der Waals surface area (Å²) in [7, 11) is 0. The first-order valence-corrected chi connectivity index (χ1v) is 8.36. The Morgan fingerprint density at radius 2 is 2.08 bits per heavy atom. The van der Waals surface area contributed by atoms with Gasteiger partial charge in [0.2, 0.25) is 5.78 Å². The van der Waals surface area contributed by atoms with Gasteiger partial charge in [-0.2, -0.15) is 0 Å². The van der Waals surface area contributed by atoms with Crippen molar-refractivity contribution in [3.63, 3.8) is 0 Å². The molecule has 3 aliphatic rings. The fourth-order valence-electron chi connectivity index (χ4n) is 3.35. The Hall–Kier alpha value is -2.37. The zero-order valence-electron chi connectivity index (χ0n) is 14.8. The Morgan fingerprint density at radius 1 is 1.40 bits per heavy atom. The predicted molar refractivity (Wildman–Crippen MR) is 88.2 cm³/mol. The van der Waals surface area contributed by atoms with Crippen LogP contribution in [0.1, 0.15) is 34.1 Å². The maximum Gasteiger partial charge on any atom is 0.334 e. The van der Waals surface area contributed by atoms with E-state index in [0.717, 1.165) is 0 Å². The average Bonchev–Trinajstić information content (AvgIpc) is 2.96. The molecule has 3 rings (SSSR count). The molecule has 25 heavy (non-hydrogen) atoms. The third-order valence-corrected chi connectivity index (χ3v) is 4.91. The van der Waals surface area contributed by atoms with E-state index in [2.05, 4.69) is 6.58 Å². The summed E-state index contributed by atoms with van der Waals surface area (Å²) in [6.45, 7) is 10.7. The van der Waals surface area contributed by atoms with Crippen LogP contribution in [-0.2, 0) is 28.6 Å². The Bertz CT molecular complexity index is 728. The molecule has 0 aromatic heterocycles. The molecule has 0 spiro atoms. The predicted octanol–water partition coefficient (Wildman–Crippen LogP) is 2.24. The zero-order valence-corrected chi connectivity index (χ0v) is 14.8. The lowest BCUT2D eigenvalue weighted by Gasteiger charge is -2.31. The minimum atomic E-state index is -1.15. The van der Waals surface area contributed by atoms with Crippen LogP contribution in [0, 0.1) is 11.8 Å². The van der Waals surface area contributed by atoms with Crippen molar-refractivity contribution in [1.29, 1.82) is 0 Å². The fraction of sp³-hybridized carbons (Fsp3) is 0.526. The van der Waals surface area contributed by atoms with Gasteiger partial charge in [0.1, 0.15) is 18.0 Å². The Kier molecular flexibility index (Phi) is 4.09. The molecule has 1 saturated heterocycles. The molecule has 2 bridgehead atoms. The fourth-order valence-corrected chi connectivity index (χ4v) is 3.35. The van der Waals surface area contributed by atoms with Gasteiger partial charge in [-0.15, -0.1) is 0 Å². The smallest absolute Gasteiger partial charge is 0.334 e. The quantitative estimate of drug-likeness (QED) is 0.564. The number of ether oxygens (including phenoxy) is 3. The highest BCUT2D eigenvalue weighted by Crippen LogP contribution is 2.42. The first-order chi connectivity index (χ1) is 11.6. The maximum absolute atomic E-state index is 12.5. The summed E-state index contributed by atoms with van der Waals surface area (Å²) in [5, 5.41) is 0. The van der Waals surface area contributed by atoms with Gasteiger partial charge in [-0.05, 0) is 25.5 Å². The van der Waals surface area contributed by atoms with Crippen molar-refractivity contribution in [2.45, 2.75) is 51.9 Å². The number of carbonyl (C=O) groups is 3. The lowest BCUT2D eigenvalue weighted by Crippen LogP contribution is -2.43. The lowest BCUT2D eigenvalue weighted by molar-refractivity contribution is -0.161. The highest BCUT2D eigenvalue weighted by molar-refractivity contribution is 6.00. The first-order valence-electron chi connectivity index (χ1n) is 8.36. The second-order valence-electron chi connectivity index (χ2n) is 7.31. The van der Waals surface area contributed by atoms with Crippen molar-refractivity contribution in [3.05, 3.63) is 35.6 Å². The molecule has 0 aromatic rings. The number of esters is 2. The van der Waals surface area contributed by atoms with Gasteiger partial charge >= 0.3 is 11.9 Å². The monoisotopic (exact) mass is 346 g/mol. The van der Waals surface area contributed by atoms with Crippen LogP contribution < -0.4 is 0 Å². The van der Waals surface area contributed by atoms with Crippen LogP contribution in [0.2, 0.25) is 0 Å². The Morgan fingerprint density at radius 3 is 2.72 bits per heavy atom. The van der Waals surface area contributed by atoms with Gasteiger partial charge in [0.25, 0.3) is 0 Å². The summed E-state index contributed by atoms with van der Waals surface area (Å²) in [5.41, 5.74) is -0.198. The second kappa shape index (κ2) is 5.86.